The summed E-state index contributed by atoms with van der Waals surface area (Å²) in [5, 5.41) is 0.229. The molecule has 0 saturated carbocycles. The first-order valence-electron chi connectivity index (χ1n) is 8.97. The Morgan fingerprint density at radius 3 is 2.40 bits per heavy atom. The Bertz CT molecular complexity index is 1210. The topological polar surface area (TPSA) is 123 Å². The number of anilines is 1. The van der Waals surface area contributed by atoms with Crippen LogP contribution in [-0.4, -0.2) is 54.8 Å². The first-order chi connectivity index (χ1) is 14.3. The summed E-state index contributed by atoms with van der Waals surface area (Å²) >= 11 is 0. The fourth-order valence-electron chi connectivity index (χ4n) is 3.27. The van der Waals surface area contributed by atoms with Gasteiger partial charge in [0.05, 0.1) is 5.52 Å². The zero-order valence-corrected chi connectivity index (χ0v) is 16.3. The number of rotatable bonds is 5. The smallest absolute Gasteiger partial charge is 0.297 e. The molecule has 9 nitrogen and oxygen atoms in total. The summed E-state index contributed by atoms with van der Waals surface area (Å²) in [6.45, 7) is 0.618. The van der Waals surface area contributed by atoms with E-state index in [1.54, 1.807) is 29.2 Å². The van der Waals surface area contributed by atoms with Gasteiger partial charge in [0.2, 0.25) is 5.09 Å². The van der Waals surface area contributed by atoms with Crippen molar-refractivity contribution >= 4 is 32.7 Å². The minimum absolute atomic E-state index is 0.0806. The summed E-state index contributed by atoms with van der Waals surface area (Å²) < 4.78 is 58.2. The number of nitrogens with zero attached hydrogens (tertiary/aromatic N) is 4. The van der Waals surface area contributed by atoms with Crippen LogP contribution < -0.4 is 10.6 Å². The molecule has 0 bridgehead atoms. The van der Waals surface area contributed by atoms with Crippen LogP contribution >= 0.6 is 0 Å². The highest BCUT2D eigenvalue weighted by Gasteiger charge is 2.32. The van der Waals surface area contributed by atoms with E-state index in [9.17, 15) is 22.0 Å². The Morgan fingerprint density at radius 2 is 1.77 bits per heavy atom. The van der Waals surface area contributed by atoms with Crippen molar-refractivity contribution < 1.29 is 26.4 Å². The number of benzene rings is 1. The summed E-state index contributed by atoms with van der Waals surface area (Å²) in [7, 11) is -3.96. The van der Waals surface area contributed by atoms with E-state index in [0.717, 1.165) is 0 Å². The average Bonchev–Trinajstić information content (AvgIpc) is 3.24. The second-order valence-corrected chi connectivity index (χ2v) is 8.47. The van der Waals surface area contributed by atoms with Crippen LogP contribution in [0.25, 0.3) is 10.9 Å². The van der Waals surface area contributed by atoms with Gasteiger partial charge in [0, 0.05) is 31.6 Å². The van der Waals surface area contributed by atoms with Crippen molar-refractivity contribution in [2.45, 2.75) is 11.5 Å². The van der Waals surface area contributed by atoms with Crippen molar-refractivity contribution in [1.82, 2.24) is 14.3 Å². The third kappa shape index (κ3) is 3.59. The van der Waals surface area contributed by atoms with Crippen molar-refractivity contribution in [2.24, 2.45) is 5.73 Å². The van der Waals surface area contributed by atoms with E-state index in [4.69, 9.17) is 10.2 Å². The van der Waals surface area contributed by atoms with E-state index in [2.05, 4.69) is 9.97 Å². The van der Waals surface area contributed by atoms with E-state index in [1.807, 2.05) is 0 Å². The maximum Gasteiger partial charge on any atom is 0.297 e. The van der Waals surface area contributed by atoms with Crippen LogP contribution in [0.4, 0.5) is 14.6 Å². The lowest BCUT2D eigenvalue weighted by atomic mass is 10.2. The molecule has 0 aliphatic carbocycles. The van der Waals surface area contributed by atoms with Crippen LogP contribution in [0.2, 0.25) is 0 Å². The molecule has 158 valence electrons. The Kier molecular flexibility index (Phi) is 5.12. The summed E-state index contributed by atoms with van der Waals surface area (Å²) in [4.78, 5) is 20.8. The normalized spacial score (nSPS) is 15.8. The molecular weight excluding hydrogens is 420 g/mol. The van der Waals surface area contributed by atoms with Crippen molar-refractivity contribution in [3.05, 3.63) is 48.0 Å². The molecule has 0 atom stereocenters. The molecule has 1 saturated heterocycles. The summed E-state index contributed by atoms with van der Waals surface area (Å²) in [6.07, 6.45) is -2.83. The predicted octanol–water partition coefficient (Wildman–Crippen LogP) is 1.77. The molecule has 30 heavy (non-hydrogen) atoms. The Morgan fingerprint density at radius 1 is 1.07 bits per heavy atom. The second kappa shape index (κ2) is 7.61. The highest BCUT2D eigenvalue weighted by molar-refractivity contribution is 7.89. The zero-order chi connectivity index (χ0) is 21.5. The van der Waals surface area contributed by atoms with Gasteiger partial charge < -0.3 is 15.1 Å². The van der Waals surface area contributed by atoms with Crippen molar-refractivity contribution in [3.8, 4) is 0 Å². The van der Waals surface area contributed by atoms with Crippen molar-refractivity contribution in [3.63, 3.8) is 0 Å². The molecule has 1 aliphatic heterocycles. The highest BCUT2D eigenvalue weighted by atomic mass is 32.2. The molecule has 1 fully saturated rings. The number of nitrogens with two attached hydrogens (primary N) is 1. The van der Waals surface area contributed by atoms with Gasteiger partial charge in [-0.15, -0.1) is 0 Å². The lowest BCUT2D eigenvalue weighted by Crippen LogP contribution is -2.49. The minimum atomic E-state index is -3.96. The quantitative estimate of drug-likeness (QED) is 0.645. The number of amides is 1. The third-order valence-corrected chi connectivity index (χ3v) is 6.52. The number of hydrogen-bond acceptors (Lipinski definition) is 7. The average molecular weight is 437 g/mol. The maximum absolute atomic E-state index is 13.2. The summed E-state index contributed by atoms with van der Waals surface area (Å²) in [6, 6.07) is 9.18. The first-order valence-corrected chi connectivity index (χ1v) is 10.4. The monoisotopic (exact) mass is 437 g/mol. The lowest BCUT2D eigenvalue weighted by Gasteiger charge is -2.34. The molecule has 0 radical (unpaired) electrons. The number of hydrogen-bond donors (Lipinski definition) is 1. The number of piperazine rings is 1. The van der Waals surface area contributed by atoms with E-state index < -0.39 is 28.2 Å². The maximum atomic E-state index is 13.2. The van der Waals surface area contributed by atoms with Gasteiger partial charge >= 0.3 is 0 Å². The van der Waals surface area contributed by atoms with Crippen LogP contribution in [0.3, 0.4) is 0 Å². The minimum Gasteiger partial charge on any atom is -0.438 e. The molecule has 2 N–H and O–H groups in total. The number of furan rings is 1. The molecule has 4 rings (SSSR count). The lowest BCUT2D eigenvalue weighted by molar-refractivity contribution is 0.0968. The van der Waals surface area contributed by atoms with E-state index in [0.29, 0.717) is 16.7 Å². The van der Waals surface area contributed by atoms with Gasteiger partial charge in [0.25, 0.3) is 22.4 Å². The van der Waals surface area contributed by atoms with Crippen molar-refractivity contribution in [2.75, 3.05) is 31.1 Å². The Balaban J connectivity index is 1.58. The standard InChI is InChI=1S/C18H17F2N5O4S/c19-15(20)17-22-12-4-2-1-3-11(12)18(23-17)24-7-9-25(10-8-24)30(27,28)14-6-5-13(29-14)16(21)26/h1-6,15H,7-10H2,(H2,21,26). The molecule has 0 unspecified atom stereocenters. The van der Waals surface area contributed by atoms with Crippen LogP contribution in [0, 0.1) is 0 Å². The zero-order valence-electron chi connectivity index (χ0n) is 15.5. The Labute approximate surface area is 170 Å². The fraction of sp³-hybridized carbons (Fsp3) is 0.278. The molecule has 2 aromatic heterocycles. The molecule has 3 heterocycles. The molecule has 0 spiro atoms. The molecule has 3 aromatic rings. The molecular formula is C18H17F2N5O4S. The third-order valence-electron chi connectivity index (χ3n) is 4.75. The van der Waals surface area contributed by atoms with Gasteiger partial charge in [-0.3, -0.25) is 4.79 Å². The molecule has 1 amide bonds. The summed E-state index contributed by atoms with van der Waals surface area (Å²) in [5.74, 6) is -1.36. The van der Waals surface area contributed by atoms with Gasteiger partial charge in [-0.25, -0.2) is 27.2 Å². The highest BCUT2D eigenvalue weighted by Crippen LogP contribution is 2.29. The van der Waals surface area contributed by atoms with Gasteiger partial charge in [0.15, 0.2) is 11.6 Å². The van der Waals surface area contributed by atoms with E-state index in [1.165, 1.54) is 16.4 Å². The SMILES string of the molecule is NC(=O)c1ccc(S(=O)(=O)N2CCN(c3nc(C(F)F)nc4ccccc34)CC2)o1. The predicted molar refractivity (Wildman–Crippen MR) is 103 cm³/mol. The molecule has 12 heteroatoms. The van der Waals surface area contributed by atoms with Gasteiger partial charge in [-0.1, -0.05) is 12.1 Å². The van der Waals surface area contributed by atoms with Gasteiger partial charge in [-0.05, 0) is 24.3 Å². The molecule has 1 aliphatic rings. The van der Waals surface area contributed by atoms with Crippen molar-refractivity contribution in [1.29, 1.82) is 0 Å². The molecule has 1 aromatic carbocycles. The number of alkyl halides is 2. The first kappa shape index (κ1) is 20.2. The number of para-hydroxylation sites is 1. The number of primary amides is 1. The second-order valence-electron chi connectivity index (χ2n) is 6.60. The number of aromatic nitrogens is 2. The van der Waals surface area contributed by atoms with Crippen LogP contribution in [-0.2, 0) is 10.0 Å². The number of carbonyl (C=O) groups is 1. The van der Waals surface area contributed by atoms with Gasteiger partial charge in [-0.2, -0.15) is 4.31 Å². The van der Waals surface area contributed by atoms with E-state index in [-0.39, 0.29) is 37.0 Å². The number of fused-ring (bicyclic) bond motifs is 1. The van der Waals surface area contributed by atoms with E-state index >= 15 is 0 Å². The van der Waals surface area contributed by atoms with Crippen LogP contribution in [0.5, 0.6) is 0 Å². The number of carbonyl (C=O) groups excluding carboxylic acids is 1. The fourth-order valence-corrected chi connectivity index (χ4v) is 4.61. The van der Waals surface area contributed by atoms with Gasteiger partial charge in [0.1, 0.15) is 5.82 Å². The Hall–Kier alpha value is -3.12. The van der Waals surface area contributed by atoms with Crippen LogP contribution in [0.1, 0.15) is 22.8 Å². The number of sulfonamides is 1. The largest absolute Gasteiger partial charge is 0.438 e. The van der Waals surface area contributed by atoms with Crippen LogP contribution in [0.15, 0.2) is 45.9 Å². The summed E-state index contributed by atoms with van der Waals surface area (Å²) in [5.41, 5.74) is 5.49. The number of halogens is 2.